The molecule has 0 fully saturated rings. The van der Waals surface area contributed by atoms with E-state index in [-0.39, 0.29) is 11.3 Å². The number of aromatic nitrogens is 1. The van der Waals surface area contributed by atoms with E-state index in [1.807, 2.05) is 0 Å². The van der Waals surface area contributed by atoms with Gasteiger partial charge in [0.25, 0.3) is 5.91 Å². The van der Waals surface area contributed by atoms with Crippen molar-refractivity contribution in [3.05, 3.63) is 57.8 Å². The lowest BCUT2D eigenvalue weighted by Gasteiger charge is -2.11. The summed E-state index contributed by atoms with van der Waals surface area (Å²) >= 11 is 3.18. The Morgan fingerprint density at radius 1 is 1.25 bits per heavy atom. The van der Waals surface area contributed by atoms with E-state index in [0.29, 0.717) is 15.7 Å². The molecular formula is C14H11BrN2O3. The first kappa shape index (κ1) is 14.2. The predicted molar refractivity (Wildman–Crippen MR) is 78.0 cm³/mol. The van der Waals surface area contributed by atoms with Crippen LogP contribution in [0.2, 0.25) is 0 Å². The Labute approximate surface area is 123 Å². The third kappa shape index (κ3) is 2.85. The van der Waals surface area contributed by atoms with Crippen molar-refractivity contribution in [1.29, 1.82) is 0 Å². The molecular weight excluding hydrogens is 324 g/mol. The Hall–Kier alpha value is -2.21. The molecule has 0 aliphatic rings. The summed E-state index contributed by atoms with van der Waals surface area (Å²) in [5.41, 5.74) is 1.27. The fraction of sp³-hybridized carbons (Fsp3) is 0.0714. The fourth-order valence-corrected chi connectivity index (χ4v) is 2.23. The largest absolute Gasteiger partial charge is 0.478 e. The molecule has 6 heteroatoms. The van der Waals surface area contributed by atoms with Gasteiger partial charge < -0.3 is 10.4 Å². The van der Waals surface area contributed by atoms with Crippen LogP contribution in [0.4, 0.5) is 5.69 Å². The lowest BCUT2D eigenvalue weighted by molar-refractivity contribution is 0.0697. The molecule has 0 aliphatic heterocycles. The predicted octanol–water partition coefficient (Wildman–Crippen LogP) is 3.10. The highest BCUT2D eigenvalue weighted by molar-refractivity contribution is 9.10. The van der Waals surface area contributed by atoms with E-state index in [1.165, 1.54) is 0 Å². The van der Waals surface area contributed by atoms with Crippen LogP contribution in [0.15, 0.2) is 41.1 Å². The van der Waals surface area contributed by atoms with Gasteiger partial charge in [0, 0.05) is 6.20 Å². The van der Waals surface area contributed by atoms with Gasteiger partial charge in [-0.3, -0.25) is 4.79 Å². The van der Waals surface area contributed by atoms with Gasteiger partial charge in [0.2, 0.25) is 0 Å². The van der Waals surface area contributed by atoms with Gasteiger partial charge in [-0.1, -0.05) is 12.1 Å². The molecule has 2 aromatic rings. The van der Waals surface area contributed by atoms with E-state index >= 15 is 0 Å². The van der Waals surface area contributed by atoms with Crippen molar-refractivity contribution >= 4 is 33.5 Å². The number of rotatable bonds is 3. The number of pyridine rings is 1. The number of hydrogen-bond donors (Lipinski definition) is 2. The summed E-state index contributed by atoms with van der Waals surface area (Å²) in [7, 11) is 0. The highest BCUT2D eigenvalue weighted by Gasteiger charge is 2.17. The van der Waals surface area contributed by atoms with Gasteiger partial charge in [-0.15, -0.1) is 0 Å². The lowest BCUT2D eigenvalue weighted by atomic mass is 10.1. The average molecular weight is 335 g/mol. The Morgan fingerprint density at radius 3 is 2.65 bits per heavy atom. The van der Waals surface area contributed by atoms with E-state index < -0.39 is 11.9 Å². The summed E-state index contributed by atoms with van der Waals surface area (Å²) in [4.78, 5) is 27.4. The summed E-state index contributed by atoms with van der Waals surface area (Å²) in [6, 6.07) is 8.16. The molecule has 1 aromatic heterocycles. The summed E-state index contributed by atoms with van der Waals surface area (Å²) in [5, 5.41) is 11.8. The summed E-state index contributed by atoms with van der Waals surface area (Å²) in [6.45, 7) is 1.68. The number of aromatic carboxylic acids is 1. The molecule has 1 amide bonds. The molecule has 2 N–H and O–H groups in total. The number of carbonyl (C=O) groups is 2. The molecule has 102 valence electrons. The van der Waals surface area contributed by atoms with Crippen LogP contribution in [-0.4, -0.2) is 22.0 Å². The zero-order valence-electron chi connectivity index (χ0n) is 10.6. The number of carboxylic acid groups (broad SMARTS) is 1. The van der Waals surface area contributed by atoms with Crippen molar-refractivity contribution in [2.45, 2.75) is 6.92 Å². The van der Waals surface area contributed by atoms with E-state index in [0.717, 1.165) is 0 Å². The van der Waals surface area contributed by atoms with Crippen molar-refractivity contribution in [3.8, 4) is 0 Å². The Bertz CT molecular complexity index is 686. The van der Waals surface area contributed by atoms with Crippen LogP contribution in [0, 0.1) is 6.92 Å². The van der Waals surface area contributed by atoms with Crippen LogP contribution >= 0.6 is 15.9 Å². The van der Waals surface area contributed by atoms with Crippen LogP contribution in [0.3, 0.4) is 0 Å². The number of hydrogen-bond acceptors (Lipinski definition) is 3. The maximum atomic E-state index is 12.1. The maximum Gasteiger partial charge on any atom is 0.338 e. The lowest BCUT2D eigenvalue weighted by Crippen LogP contribution is -2.16. The molecule has 0 radical (unpaired) electrons. The number of amides is 1. The van der Waals surface area contributed by atoms with Gasteiger partial charge in [0.05, 0.1) is 16.8 Å². The van der Waals surface area contributed by atoms with Gasteiger partial charge in [-0.25, -0.2) is 9.78 Å². The standard InChI is InChI=1S/C14H11BrN2O3/c1-8-4-2-6-10(11(8)14(19)20)17-13(18)9-5-3-7-16-12(9)15/h2-7H,1H3,(H,17,18)(H,19,20). The Kier molecular flexibility index (Phi) is 4.14. The van der Waals surface area contributed by atoms with Crippen molar-refractivity contribution in [3.63, 3.8) is 0 Å². The van der Waals surface area contributed by atoms with E-state index in [2.05, 4.69) is 26.2 Å². The quantitative estimate of drug-likeness (QED) is 0.845. The number of carbonyl (C=O) groups excluding carboxylic acids is 1. The smallest absolute Gasteiger partial charge is 0.338 e. The number of anilines is 1. The van der Waals surface area contributed by atoms with E-state index in [1.54, 1.807) is 43.5 Å². The van der Waals surface area contributed by atoms with Gasteiger partial charge in [-0.05, 0) is 46.6 Å². The second kappa shape index (κ2) is 5.83. The number of nitrogens with zero attached hydrogens (tertiary/aromatic N) is 1. The van der Waals surface area contributed by atoms with Crippen molar-refractivity contribution in [1.82, 2.24) is 4.98 Å². The van der Waals surface area contributed by atoms with Crippen molar-refractivity contribution < 1.29 is 14.7 Å². The molecule has 2 rings (SSSR count). The normalized spacial score (nSPS) is 10.1. The highest BCUT2D eigenvalue weighted by atomic mass is 79.9. The zero-order valence-corrected chi connectivity index (χ0v) is 12.1. The second-order valence-electron chi connectivity index (χ2n) is 4.10. The molecule has 0 saturated carbocycles. The van der Waals surface area contributed by atoms with Crippen molar-refractivity contribution in [2.24, 2.45) is 0 Å². The number of nitrogens with one attached hydrogen (secondary N) is 1. The average Bonchev–Trinajstić information content (AvgIpc) is 2.38. The maximum absolute atomic E-state index is 12.1. The van der Waals surface area contributed by atoms with Crippen LogP contribution in [0.5, 0.6) is 0 Å². The Balaban J connectivity index is 2.36. The minimum absolute atomic E-state index is 0.0841. The first-order chi connectivity index (χ1) is 9.50. The van der Waals surface area contributed by atoms with Crippen LogP contribution in [-0.2, 0) is 0 Å². The molecule has 0 atom stereocenters. The number of benzene rings is 1. The molecule has 0 aliphatic carbocycles. The van der Waals surface area contributed by atoms with Crippen LogP contribution < -0.4 is 5.32 Å². The molecule has 0 spiro atoms. The van der Waals surface area contributed by atoms with Gasteiger partial charge in [-0.2, -0.15) is 0 Å². The van der Waals surface area contributed by atoms with Gasteiger partial charge in [0.15, 0.2) is 0 Å². The minimum atomic E-state index is -1.08. The van der Waals surface area contributed by atoms with Crippen LogP contribution in [0.25, 0.3) is 0 Å². The van der Waals surface area contributed by atoms with Gasteiger partial charge >= 0.3 is 5.97 Å². The SMILES string of the molecule is Cc1cccc(NC(=O)c2cccnc2Br)c1C(=O)O. The number of halogens is 1. The third-order valence-electron chi connectivity index (χ3n) is 2.74. The zero-order chi connectivity index (χ0) is 14.7. The number of aryl methyl sites for hydroxylation is 1. The van der Waals surface area contributed by atoms with Crippen molar-refractivity contribution in [2.75, 3.05) is 5.32 Å². The monoisotopic (exact) mass is 334 g/mol. The first-order valence-electron chi connectivity index (χ1n) is 5.75. The molecule has 20 heavy (non-hydrogen) atoms. The second-order valence-corrected chi connectivity index (χ2v) is 4.85. The molecule has 5 nitrogen and oxygen atoms in total. The summed E-state index contributed by atoms with van der Waals surface area (Å²) in [6.07, 6.45) is 1.55. The first-order valence-corrected chi connectivity index (χ1v) is 6.55. The minimum Gasteiger partial charge on any atom is -0.478 e. The Morgan fingerprint density at radius 2 is 2.00 bits per heavy atom. The molecule has 0 bridgehead atoms. The highest BCUT2D eigenvalue weighted by Crippen LogP contribution is 2.21. The van der Waals surface area contributed by atoms with Gasteiger partial charge in [0.1, 0.15) is 4.60 Å². The number of carboxylic acids is 1. The summed E-state index contributed by atoms with van der Waals surface area (Å²) < 4.78 is 0.405. The molecule has 0 unspecified atom stereocenters. The third-order valence-corrected chi connectivity index (χ3v) is 3.37. The molecule has 1 heterocycles. The molecule has 0 saturated heterocycles. The van der Waals surface area contributed by atoms with E-state index in [9.17, 15) is 14.7 Å². The topological polar surface area (TPSA) is 79.3 Å². The van der Waals surface area contributed by atoms with Crippen LogP contribution in [0.1, 0.15) is 26.3 Å². The fourth-order valence-electron chi connectivity index (χ4n) is 1.80. The van der Waals surface area contributed by atoms with E-state index in [4.69, 9.17) is 0 Å². The summed E-state index contributed by atoms with van der Waals surface area (Å²) in [5.74, 6) is -1.50. The molecule has 1 aromatic carbocycles.